The highest BCUT2D eigenvalue weighted by atomic mass is 19.4. The number of hydrogen-bond acceptors (Lipinski definition) is 3. The minimum Gasteiger partial charge on any atom is -0.475 e. The number of aliphatic carboxylic acids is 1. The fraction of sp³-hybridized carbons (Fsp3) is 0.600. The number of nitrogens with one attached hydrogen (secondary N) is 1. The molecular formula is C15H19F3N2O3. The summed E-state index contributed by atoms with van der Waals surface area (Å²) in [7, 11) is 0. The molecule has 0 spiro atoms. The van der Waals surface area contributed by atoms with Crippen LogP contribution in [0.2, 0.25) is 0 Å². The van der Waals surface area contributed by atoms with E-state index in [0.717, 1.165) is 37.5 Å². The quantitative estimate of drug-likeness (QED) is 0.866. The van der Waals surface area contributed by atoms with Crippen molar-refractivity contribution in [1.82, 2.24) is 9.88 Å². The van der Waals surface area contributed by atoms with Crippen LogP contribution in [0.3, 0.4) is 0 Å². The second-order valence-electron chi connectivity index (χ2n) is 5.87. The van der Waals surface area contributed by atoms with E-state index in [1.165, 1.54) is 24.9 Å². The lowest BCUT2D eigenvalue weighted by molar-refractivity contribution is -0.192. The molecule has 1 fully saturated rings. The SMILES string of the molecule is O=C(O)C(F)(F)F.O=c1ccc2c([nH]1)CCN(CC1CC1)CC2. The molecule has 8 heteroatoms. The first kappa shape index (κ1) is 17.5. The molecule has 1 aromatic rings. The Bertz CT molecular complexity index is 609. The van der Waals surface area contributed by atoms with Crippen LogP contribution in [0.4, 0.5) is 13.2 Å². The van der Waals surface area contributed by atoms with Gasteiger partial charge in [-0.15, -0.1) is 0 Å². The summed E-state index contributed by atoms with van der Waals surface area (Å²) in [6.07, 6.45) is -0.169. The second-order valence-corrected chi connectivity index (χ2v) is 5.87. The summed E-state index contributed by atoms with van der Waals surface area (Å²) in [6.45, 7) is 3.51. The van der Waals surface area contributed by atoms with Gasteiger partial charge in [0.1, 0.15) is 0 Å². The first-order valence-corrected chi connectivity index (χ1v) is 7.49. The molecule has 0 aromatic carbocycles. The Morgan fingerprint density at radius 3 is 2.43 bits per heavy atom. The molecule has 23 heavy (non-hydrogen) atoms. The van der Waals surface area contributed by atoms with Crippen molar-refractivity contribution in [3.63, 3.8) is 0 Å². The van der Waals surface area contributed by atoms with Crippen molar-refractivity contribution in [1.29, 1.82) is 0 Å². The van der Waals surface area contributed by atoms with Gasteiger partial charge in [0.25, 0.3) is 0 Å². The van der Waals surface area contributed by atoms with Crippen molar-refractivity contribution in [2.75, 3.05) is 19.6 Å². The monoisotopic (exact) mass is 332 g/mol. The van der Waals surface area contributed by atoms with Gasteiger partial charge in [-0.1, -0.05) is 6.07 Å². The van der Waals surface area contributed by atoms with E-state index in [1.807, 2.05) is 6.07 Å². The fourth-order valence-corrected chi connectivity index (χ4v) is 2.51. The second kappa shape index (κ2) is 7.16. The lowest BCUT2D eigenvalue weighted by Crippen LogP contribution is -2.28. The number of carboxylic acids is 1. The molecule has 128 valence electrons. The topological polar surface area (TPSA) is 73.4 Å². The largest absolute Gasteiger partial charge is 0.490 e. The third-order valence-electron chi connectivity index (χ3n) is 3.93. The number of halogens is 3. The lowest BCUT2D eigenvalue weighted by atomic mass is 10.1. The van der Waals surface area contributed by atoms with E-state index >= 15 is 0 Å². The van der Waals surface area contributed by atoms with Gasteiger partial charge in [0.05, 0.1) is 0 Å². The maximum atomic E-state index is 11.3. The van der Waals surface area contributed by atoms with Crippen molar-refractivity contribution >= 4 is 5.97 Å². The maximum absolute atomic E-state index is 11.3. The van der Waals surface area contributed by atoms with Gasteiger partial charge in [-0.25, -0.2) is 4.79 Å². The molecule has 5 nitrogen and oxygen atoms in total. The summed E-state index contributed by atoms with van der Waals surface area (Å²) in [5.74, 6) is -1.80. The van der Waals surface area contributed by atoms with E-state index in [0.29, 0.717) is 0 Å². The van der Waals surface area contributed by atoms with Gasteiger partial charge in [0.15, 0.2) is 0 Å². The molecule has 0 bridgehead atoms. The van der Waals surface area contributed by atoms with Gasteiger partial charge >= 0.3 is 12.1 Å². The molecule has 0 amide bonds. The summed E-state index contributed by atoms with van der Waals surface area (Å²) in [4.78, 5) is 25.7. The van der Waals surface area contributed by atoms with E-state index < -0.39 is 12.1 Å². The Hall–Kier alpha value is -1.83. The average Bonchev–Trinajstić information content (AvgIpc) is 3.27. The highest BCUT2D eigenvalue weighted by molar-refractivity contribution is 5.73. The smallest absolute Gasteiger partial charge is 0.475 e. The molecule has 2 heterocycles. The van der Waals surface area contributed by atoms with Crippen LogP contribution in [0.15, 0.2) is 16.9 Å². The number of fused-ring (bicyclic) bond motifs is 1. The predicted octanol–water partition coefficient (Wildman–Crippen LogP) is 1.82. The number of rotatable bonds is 2. The number of carbonyl (C=O) groups is 1. The number of pyridine rings is 1. The van der Waals surface area contributed by atoms with Gasteiger partial charge in [-0.2, -0.15) is 13.2 Å². The molecule has 1 aromatic heterocycles. The van der Waals surface area contributed by atoms with Gasteiger partial charge in [-0.05, 0) is 30.7 Å². The fourth-order valence-electron chi connectivity index (χ4n) is 2.51. The van der Waals surface area contributed by atoms with Crippen molar-refractivity contribution in [2.45, 2.75) is 31.9 Å². The molecule has 0 unspecified atom stereocenters. The van der Waals surface area contributed by atoms with Crippen LogP contribution in [0, 0.1) is 5.92 Å². The first-order chi connectivity index (χ1) is 10.8. The first-order valence-electron chi connectivity index (χ1n) is 7.49. The summed E-state index contributed by atoms with van der Waals surface area (Å²) in [5, 5.41) is 7.12. The minimum atomic E-state index is -5.08. The van der Waals surface area contributed by atoms with Crippen LogP contribution in [-0.2, 0) is 17.6 Å². The number of carboxylic acid groups (broad SMARTS) is 1. The summed E-state index contributed by atoms with van der Waals surface area (Å²) in [6, 6.07) is 3.64. The molecule has 0 saturated heterocycles. The van der Waals surface area contributed by atoms with E-state index in [2.05, 4.69) is 9.88 Å². The van der Waals surface area contributed by atoms with E-state index in [4.69, 9.17) is 9.90 Å². The Labute approximate surface area is 131 Å². The highest BCUT2D eigenvalue weighted by Crippen LogP contribution is 2.30. The van der Waals surface area contributed by atoms with Crippen molar-refractivity contribution in [3.05, 3.63) is 33.7 Å². The van der Waals surface area contributed by atoms with Gasteiger partial charge in [0.2, 0.25) is 5.56 Å². The Balaban J connectivity index is 0.000000236. The Morgan fingerprint density at radius 1 is 1.26 bits per heavy atom. The number of alkyl halides is 3. The number of nitrogens with zero attached hydrogens (tertiary/aromatic N) is 1. The minimum absolute atomic E-state index is 0.0365. The van der Waals surface area contributed by atoms with Crippen LogP contribution in [0.5, 0.6) is 0 Å². The Morgan fingerprint density at radius 2 is 1.87 bits per heavy atom. The van der Waals surface area contributed by atoms with Crippen LogP contribution in [-0.4, -0.2) is 46.8 Å². The zero-order valence-corrected chi connectivity index (χ0v) is 12.5. The van der Waals surface area contributed by atoms with Crippen LogP contribution < -0.4 is 5.56 Å². The standard InChI is InChI=1S/C13H18N2O.C2HF3O2/c16-13-4-3-11-5-7-15(9-10-1-2-10)8-6-12(11)14-13;3-2(4,5)1(6)7/h3-4,10H,1-2,5-9H2,(H,14,16);(H,6,7). The molecule has 0 radical (unpaired) electrons. The molecule has 2 N–H and O–H groups in total. The molecule has 0 atom stereocenters. The maximum Gasteiger partial charge on any atom is 0.490 e. The summed E-state index contributed by atoms with van der Waals surface area (Å²) in [5.41, 5.74) is 2.53. The zero-order chi connectivity index (χ0) is 17.0. The molecule has 2 aliphatic rings. The number of H-pyrrole nitrogens is 1. The third-order valence-corrected chi connectivity index (χ3v) is 3.93. The summed E-state index contributed by atoms with van der Waals surface area (Å²) >= 11 is 0. The molecule has 1 aliphatic carbocycles. The summed E-state index contributed by atoms with van der Waals surface area (Å²) < 4.78 is 31.7. The van der Waals surface area contributed by atoms with Gasteiger partial charge in [-0.3, -0.25) is 4.79 Å². The normalized spacial score (nSPS) is 18.4. The zero-order valence-electron chi connectivity index (χ0n) is 12.5. The third kappa shape index (κ3) is 5.70. The molecular weight excluding hydrogens is 313 g/mol. The van der Waals surface area contributed by atoms with E-state index in [1.54, 1.807) is 6.07 Å². The van der Waals surface area contributed by atoms with Gasteiger partial charge < -0.3 is 15.0 Å². The highest BCUT2D eigenvalue weighted by Gasteiger charge is 2.38. The number of aromatic nitrogens is 1. The van der Waals surface area contributed by atoms with E-state index in [9.17, 15) is 18.0 Å². The van der Waals surface area contributed by atoms with Crippen molar-refractivity contribution < 1.29 is 23.1 Å². The Kier molecular flexibility index (Phi) is 5.46. The molecule has 1 aliphatic heterocycles. The molecule has 3 rings (SSSR count). The average molecular weight is 332 g/mol. The lowest BCUT2D eigenvalue weighted by Gasteiger charge is -2.18. The predicted molar refractivity (Wildman–Crippen MR) is 77.3 cm³/mol. The van der Waals surface area contributed by atoms with Gasteiger partial charge in [0, 0.05) is 37.8 Å². The molecule has 1 saturated carbocycles. The van der Waals surface area contributed by atoms with E-state index in [-0.39, 0.29) is 5.56 Å². The van der Waals surface area contributed by atoms with Crippen LogP contribution in [0.1, 0.15) is 24.1 Å². The number of hydrogen-bond donors (Lipinski definition) is 2. The van der Waals surface area contributed by atoms with Crippen LogP contribution >= 0.6 is 0 Å². The van der Waals surface area contributed by atoms with Crippen LogP contribution in [0.25, 0.3) is 0 Å². The van der Waals surface area contributed by atoms with Crippen molar-refractivity contribution in [2.24, 2.45) is 5.92 Å². The van der Waals surface area contributed by atoms with Crippen molar-refractivity contribution in [3.8, 4) is 0 Å². The number of aromatic amines is 1.